The highest BCUT2D eigenvalue weighted by Gasteiger charge is 2.06. The van der Waals surface area contributed by atoms with E-state index in [9.17, 15) is 9.18 Å². The predicted octanol–water partition coefficient (Wildman–Crippen LogP) is 2.79. The van der Waals surface area contributed by atoms with Crippen molar-refractivity contribution in [3.05, 3.63) is 51.2 Å². The minimum Gasteiger partial charge on any atom is -0.306 e. The summed E-state index contributed by atoms with van der Waals surface area (Å²) in [5, 5.41) is 4.07. The van der Waals surface area contributed by atoms with Crippen LogP contribution in [0.4, 0.5) is 4.39 Å². The molecule has 0 unspecified atom stereocenters. The molecule has 2 heterocycles. The molecule has 1 N–H and O–H groups in total. The number of aromatic amines is 1. The lowest BCUT2D eigenvalue weighted by Crippen LogP contribution is -2.09. The average Bonchev–Trinajstić information content (AvgIpc) is 2.83. The number of halogens is 1. The fourth-order valence-electron chi connectivity index (χ4n) is 1.65. The zero-order valence-corrected chi connectivity index (χ0v) is 9.42. The van der Waals surface area contributed by atoms with E-state index in [4.69, 9.17) is 0 Å². The molecular formula is C12H7FN2OS. The molecule has 3 nitrogen and oxygen atoms in total. The molecule has 17 heavy (non-hydrogen) atoms. The number of rotatable bonds is 1. The van der Waals surface area contributed by atoms with Crippen molar-refractivity contribution in [2.45, 2.75) is 0 Å². The van der Waals surface area contributed by atoms with E-state index < -0.39 is 5.82 Å². The third kappa shape index (κ3) is 1.74. The van der Waals surface area contributed by atoms with Crippen LogP contribution in [0.25, 0.3) is 22.3 Å². The maximum atomic E-state index is 13.0. The summed E-state index contributed by atoms with van der Waals surface area (Å²) in [4.78, 5) is 18.7. The number of fused-ring (bicyclic) bond motifs is 1. The molecule has 3 rings (SSSR count). The highest BCUT2D eigenvalue weighted by atomic mass is 32.1. The van der Waals surface area contributed by atoms with Crippen LogP contribution >= 0.6 is 11.3 Å². The van der Waals surface area contributed by atoms with Gasteiger partial charge in [-0.2, -0.15) is 11.3 Å². The first kappa shape index (κ1) is 10.2. The second kappa shape index (κ2) is 3.78. The molecule has 0 saturated carbocycles. The van der Waals surface area contributed by atoms with Gasteiger partial charge in [0.2, 0.25) is 0 Å². The van der Waals surface area contributed by atoms with Crippen molar-refractivity contribution in [3.8, 4) is 11.4 Å². The highest BCUT2D eigenvalue weighted by Crippen LogP contribution is 2.19. The van der Waals surface area contributed by atoms with Gasteiger partial charge in [0.1, 0.15) is 11.6 Å². The van der Waals surface area contributed by atoms with Crippen LogP contribution in [0.5, 0.6) is 0 Å². The van der Waals surface area contributed by atoms with Gasteiger partial charge in [0.15, 0.2) is 0 Å². The fraction of sp³-hybridized carbons (Fsp3) is 0. The molecule has 0 saturated heterocycles. The minimum atomic E-state index is -0.437. The van der Waals surface area contributed by atoms with Gasteiger partial charge >= 0.3 is 0 Å². The maximum absolute atomic E-state index is 13.0. The Morgan fingerprint density at radius 2 is 2.18 bits per heavy atom. The molecule has 0 radical (unpaired) electrons. The summed E-state index contributed by atoms with van der Waals surface area (Å²) in [5.74, 6) is 0.0726. The summed E-state index contributed by atoms with van der Waals surface area (Å²) in [7, 11) is 0. The van der Waals surface area contributed by atoms with Crippen molar-refractivity contribution in [2.75, 3.05) is 0 Å². The number of aromatic nitrogens is 2. The van der Waals surface area contributed by atoms with Crippen LogP contribution < -0.4 is 5.56 Å². The molecule has 0 fully saturated rings. The normalized spacial score (nSPS) is 10.9. The lowest BCUT2D eigenvalue weighted by Gasteiger charge is -2.00. The van der Waals surface area contributed by atoms with E-state index in [0.29, 0.717) is 11.3 Å². The largest absolute Gasteiger partial charge is 0.306 e. The van der Waals surface area contributed by atoms with Gasteiger partial charge in [-0.3, -0.25) is 4.79 Å². The summed E-state index contributed by atoms with van der Waals surface area (Å²) >= 11 is 1.53. The van der Waals surface area contributed by atoms with Crippen LogP contribution in [0.15, 0.2) is 39.8 Å². The first-order chi connectivity index (χ1) is 8.24. The SMILES string of the molecule is O=c1[nH]c(-c2ccsc2)nc2ccc(F)cc12. The number of hydrogen-bond acceptors (Lipinski definition) is 3. The lowest BCUT2D eigenvalue weighted by molar-refractivity contribution is 0.629. The third-order valence-electron chi connectivity index (χ3n) is 2.46. The van der Waals surface area contributed by atoms with Crippen molar-refractivity contribution in [2.24, 2.45) is 0 Å². The Labute approximate surface area is 99.6 Å². The molecule has 0 aliphatic carbocycles. The number of nitrogens with one attached hydrogen (secondary N) is 1. The molecular weight excluding hydrogens is 239 g/mol. The first-order valence-electron chi connectivity index (χ1n) is 4.96. The standard InChI is InChI=1S/C12H7FN2OS/c13-8-1-2-10-9(5-8)12(16)15-11(14-10)7-3-4-17-6-7/h1-6H,(H,14,15,16). The Bertz CT molecular complexity index is 734. The maximum Gasteiger partial charge on any atom is 0.259 e. The topological polar surface area (TPSA) is 45.8 Å². The highest BCUT2D eigenvalue weighted by molar-refractivity contribution is 7.08. The first-order valence-corrected chi connectivity index (χ1v) is 5.90. The van der Waals surface area contributed by atoms with Crippen LogP contribution in [0.2, 0.25) is 0 Å². The summed E-state index contributed by atoms with van der Waals surface area (Å²) in [6.07, 6.45) is 0. The number of H-pyrrole nitrogens is 1. The number of nitrogens with zero attached hydrogens (tertiary/aromatic N) is 1. The Hall–Kier alpha value is -2.01. The smallest absolute Gasteiger partial charge is 0.259 e. The van der Waals surface area contributed by atoms with Crippen molar-refractivity contribution < 1.29 is 4.39 Å². The molecule has 1 aromatic carbocycles. The zero-order valence-electron chi connectivity index (χ0n) is 8.61. The Morgan fingerprint density at radius 1 is 1.29 bits per heavy atom. The lowest BCUT2D eigenvalue weighted by atomic mass is 10.2. The van der Waals surface area contributed by atoms with Gasteiger partial charge in [0.05, 0.1) is 10.9 Å². The van der Waals surface area contributed by atoms with Gasteiger partial charge < -0.3 is 4.98 Å². The van der Waals surface area contributed by atoms with Gasteiger partial charge in [-0.15, -0.1) is 0 Å². The van der Waals surface area contributed by atoms with Crippen LogP contribution in [0.1, 0.15) is 0 Å². The molecule has 0 spiro atoms. The molecule has 0 atom stereocenters. The van der Waals surface area contributed by atoms with Gasteiger partial charge in [-0.1, -0.05) is 0 Å². The van der Waals surface area contributed by atoms with Gasteiger partial charge in [-0.05, 0) is 29.6 Å². The second-order valence-corrected chi connectivity index (χ2v) is 4.37. The average molecular weight is 246 g/mol. The van der Waals surface area contributed by atoms with Gasteiger partial charge in [-0.25, -0.2) is 9.37 Å². The summed E-state index contributed by atoms with van der Waals surface area (Å²) < 4.78 is 13.0. The summed E-state index contributed by atoms with van der Waals surface area (Å²) in [5.41, 5.74) is 1.03. The van der Waals surface area contributed by atoms with Crippen molar-refractivity contribution in [1.82, 2.24) is 9.97 Å². The zero-order chi connectivity index (χ0) is 11.8. The van der Waals surface area contributed by atoms with E-state index in [-0.39, 0.29) is 10.9 Å². The van der Waals surface area contributed by atoms with Crippen LogP contribution in [0.3, 0.4) is 0 Å². The van der Waals surface area contributed by atoms with E-state index in [1.54, 1.807) is 0 Å². The molecule has 84 valence electrons. The summed E-state index contributed by atoms with van der Waals surface area (Å²) in [6, 6.07) is 5.87. The fourth-order valence-corrected chi connectivity index (χ4v) is 2.29. The molecule has 2 aromatic heterocycles. The molecule has 5 heteroatoms. The molecule has 0 aliphatic rings. The molecule has 0 aliphatic heterocycles. The molecule has 3 aromatic rings. The van der Waals surface area contributed by atoms with E-state index >= 15 is 0 Å². The van der Waals surface area contributed by atoms with Gasteiger partial charge in [0.25, 0.3) is 5.56 Å². The predicted molar refractivity (Wildman–Crippen MR) is 65.6 cm³/mol. The van der Waals surface area contributed by atoms with Crippen LogP contribution in [-0.4, -0.2) is 9.97 Å². The number of benzene rings is 1. The van der Waals surface area contributed by atoms with E-state index in [0.717, 1.165) is 5.56 Å². The van der Waals surface area contributed by atoms with Gasteiger partial charge in [0, 0.05) is 10.9 Å². The number of hydrogen-bond donors (Lipinski definition) is 1. The summed E-state index contributed by atoms with van der Waals surface area (Å²) in [6.45, 7) is 0. The van der Waals surface area contributed by atoms with Crippen LogP contribution in [-0.2, 0) is 0 Å². The number of thiophene rings is 1. The monoisotopic (exact) mass is 246 g/mol. The van der Waals surface area contributed by atoms with E-state index in [2.05, 4.69) is 9.97 Å². The van der Waals surface area contributed by atoms with E-state index in [1.165, 1.54) is 29.5 Å². The molecule has 0 amide bonds. The van der Waals surface area contributed by atoms with Crippen molar-refractivity contribution >= 4 is 22.2 Å². The Balaban J connectivity index is 2.32. The quantitative estimate of drug-likeness (QED) is 0.717. The Kier molecular flexibility index (Phi) is 2.26. The minimum absolute atomic E-state index is 0.268. The van der Waals surface area contributed by atoms with E-state index in [1.807, 2.05) is 16.8 Å². The Morgan fingerprint density at radius 3 is 2.94 bits per heavy atom. The second-order valence-electron chi connectivity index (χ2n) is 3.59. The van der Waals surface area contributed by atoms with Crippen molar-refractivity contribution in [3.63, 3.8) is 0 Å². The van der Waals surface area contributed by atoms with Crippen LogP contribution in [0, 0.1) is 5.82 Å². The van der Waals surface area contributed by atoms with Crippen molar-refractivity contribution in [1.29, 1.82) is 0 Å². The third-order valence-corrected chi connectivity index (χ3v) is 3.15. The molecule has 0 bridgehead atoms.